The Kier molecular flexibility index (Phi) is 10.4. The lowest BCUT2D eigenvalue weighted by molar-refractivity contribution is 0.0589. The molecule has 9 heteroatoms. The first-order chi connectivity index (χ1) is 14.6. The Bertz CT molecular complexity index is 877. The molecule has 2 aromatic rings. The number of thiazole rings is 1. The van der Waals surface area contributed by atoms with Crippen LogP contribution in [-0.2, 0) is 15.9 Å². The zero-order valence-corrected chi connectivity index (χ0v) is 19.9. The van der Waals surface area contributed by atoms with Crippen molar-refractivity contribution in [3.8, 4) is 5.75 Å². The molecule has 0 unspecified atom stereocenters. The zero-order valence-electron chi connectivity index (χ0n) is 19.1. The first-order valence-corrected chi connectivity index (χ1v) is 10.9. The van der Waals surface area contributed by atoms with Crippen LogP contribution in [0, 0.1) is 12.7 Å². The van der Waals surface area contributed by atoms with Crippen LogP contribution in [0.1, 0.15) is 62.0 Å². The van der Waals surface area contributed by atoms with E-state index in [1.165, 1.54) is 13.2 Å². The van der Waals surface area contributed by atoms with Gasteiger partial charge in [0.25, 0.3) is 0 Å². The lowest BCUT2D eigenvalue weighted by atomic mass is 10.2. The van der Waals surface area contributed by atoms with E-state index in [-0.39, 0.29) is 23.2 Å². The summed E-state index contributed by atoms with van der Waals surface area (Å²) in [4.78, 5) is 28.7. The summed E-state index contributed by atoms with van der Waals surface area (Å²) in [7, 11) is 1.26. The van der Waals surface area contributed by atoms with Crippen LogP contribution in [0.3, 0.4) is 0 Å². The van der Waals surface area contributed by atoms with Crippen LogP contribution in [0.2, 0.25) is 0 Å². The van der Waals surface area contributed by atoms with E-state index in [0.29, 0.717) is 17.7 Å². The molecule has 0 radical (unpaired) electrons. The van der Waals surface area contributed by atoms with Crippen molar-refractivity contribution in [1.82, 2.24) is 4.98 Å². The minimum Gasteiger partial charge on any atom is -0.491 e. The van der Waals surface area contributed by atoms with E-state index in [9.17, 15) is 14.0 Å². The summed E-state index contributed by atoms with van der Waals surface area (Å²) in [5.74, 6) is -0.832. The number of methoxy groups -OCH3 is 1. The van der Waals surface area contributed by atoms with Gasteiger partial charge in [-0.1, -0.05) is 19.9 Å². The highest BCUT2D eigenvalue weighted by atomic mass is 32.1. The minimum absolute atomic E-state index is 0.130. The maximum Gasteiger partial charge on any atom is 0.413 e. The van der Waals surface area contributed by atoms with Crippen molar-refractivity contribution >= 4 is 28.5 Å². The van der Waals surface area contributed by atoms with Crippen LogP contribution in [0.4, 0.5) is 14.3 Å². The normalized spacial score (nSPS) is 10.6. The summed E-state index contributed by atoms with van der Waals surface area (Å²) < 4.78 is 29.2. The van der Waals surface area contributed by atoms with Gasteiger partial charge in [-0.2, -0.15) is 0 Å². The summed E-state index contributed by atoms with van der Waals surface area (Å²) in [5, 5.41) is 2.76. The van der Waals surface area contributed by atoms with Crippen LogP contribution in [0.15, 0.2) is 18.2 Å². The summed E-state index contributed by atoms with van der Waals surface area (Å²) in [6, 6.07) is 4.76. The van der Waals surface area contributed by atoms with Crippen molar-refractivity contribution in [2.24, 2.45) is 0 Å². The number of rotatable bonds is 7. The first-order valence-electron chi connectivity index (χ1n) is 10.1. The topological polar surface area (TPSA) is 86.8 Å². The average Bonchev–Trinajstić information content (AvgIpc) is 3.08. The van der Waals surface area contributed by atoms with Gasteiger partial charge in [0, 0.05) is 4.88 Å². The Morgan fingerprint density at radius 3 is 2.48 bits per heavy atom. The minimum atomic E-state index is -0.660. The average molecular weight is 455 g/mol. The zero-order chi connectivity index (χ0) is 23.6. The molecule has 2 rings (SSSR count). The fourth-order valence-corrected chi connectivity index (χ4v) is 3.34. The van der Waals surface area contributed by atoms with Crippen molar-refractivity contribution in [3.05, 3.63) is 40.2 Å². The maximum absolute atomic E-state index is 13.8. The van der Waals surface area contributed by atoms with E-state index in [0.717, 1.165) is 16.9 Å². The highest BCUT2D eigenvalue weighted by Gasteiger charge is 2.22. The van der Waals surface area contributed by atoms with Crippen molar-refractivity contribution in [2.45, 2.75) is 60.0 Å². The largest absolute Gasteiger partial charge is 0.491 e. The fourth-order valence-electron chi connectivity index (χ4n) is 2.36. The molecule has 1 aromatic heterocycles. The molecule has 7 nitrogen and oxygen atoms in total. The van der Waals surface area contributed by atoms with Gasteiger partial charge in [-0.25, -0.2) is 19.0 Å². The van der Waals surface area contributed by atoms with E-state index >= 15 is 0 Å². The molecule has 1 aromatic carbocycles. The number of hydrogen-bond acceptors (Lipinski definition) is 7. The first kappa shape index (κ1) is 26.4. The number of esters is 1. The lowest BCUT2D eigenvalue weighted by Gasteiger charge is -2.18. The predicted molar refractivity (Wildman–Crippen MR) is 120 cm³/mol. The van der Waals surface area contributed by atoms with Gasteiger partial charge in [-0.15, -0.1) is 11.3 Å². The second-order valence-corrected chi connectivity index (χ2v) is 8.38. The van der Waals surface area contributed by atoms with Gasteiger partial charge in [0.1, 0.15) is 5.60 Å². The smallest absolute Gasteiger partial charge is 0.413 e. The quantitative estimate of drug-likeness (QED) is 0.423. The second-order valence-electron chi connectivity index (χ2n) is 7.30. The van der Waals surface area contributed by atoms with Crippen molar-refractivity contribution in [1.29, 1.82) is 0 Å². The highest BCUT2D eigenvalue weighted by Crippen LogP contribution is 2.26. The highest BCUT2D eigenvalue weighted by molar-refractivity contribution is 7.16. The molecule has 0 aliphatic carbocycles. The van der Waals surface area contributed by atoms with E-state index in [4.69, 9.17) is 14.2 Å². The van der Waals surface area contributed by atoms with Crippen LogP contribution in [-0.4, -0.2) is 36.4 Å². The van der Waals surface area contributed by atoms with E-state index in [1.54, 1.807) is 39.8 Å². The molecule has 0 spiro atoms. The molecule has 172 valence electrons. The molecule has 0 saturated carbocycles. The molecular weight excluding hydrogens is 423 g/mol. The number of carbonyl (C=O) groups excluding carboxylic acids is 2. The summed E-state index contributed by atoms with van der Waals surface area (Å²) in [5.41, 5.74) is 0.287. The van der Waals surface area contributed by atoms with Gasteiger partial charge in [0.05, 0.1) is 13.7 Å². The monoisotopic (exact) mass is 454 g/mol. The van der Waals surface area contributed by atoms with Gasteiger partial charge < -0.3 is 14.2 Å². The molecule has 1 heterocycles. The Labute approximate surface area is 186 Å². The van der Waals surface area contributed by atoms with E-state index in [1.807, 2.05) is 13.8 Å². The number of benzene rings is 1. The molecule has 0 saturated heterocycles. The van der Waals surface area contributed by atoms with Crippen LogP contribution in [0.25, 0.3) is 0 Å². The number of aryl methyl sites for hydroxylation is 2. The Morgan fingerprint density at radius 1 is 1.23 bits per heavy atom. The number of carbonyl (C=O) groups is 2. The van der Waals surface area contributed by atoms with Gasteiger partial charge >= 0.3 is 12.1 Å². The van der Waals surface area contributed by atoms with Gasteiger partial charge in [-0.3, -0.25) is 5.32 Å². The fraction of sp³-hybridized carbons (Fsp3) is 0.500. The van der Waals surface area contributed by atoms with Crippen molar-refractivity contribution < 1.29 is 28.2 Å². The number of hydrogen-bond donors (Lipinski definition) is 1. The number of aromatic nitrogens is 1. The number of halogens is 1. The molecule has 0 aliphatic rings. The van der Waals surface area contributed by atoms with E-state index in [2.05, 4.69) is 10.3 Å². The molecule has 0 aliphatic heterocycles. The number of amides is 1. The van der Waals surface area contributed by atoms with Gasteiger partial charge in [0.15, 0.2) is 22.4 Å². The predicted octanol–water partition coefficient (Wildman–Crippen LogP) is 5.76. The third-order valence-corrected chi connectivity index (χ3v) is 4.61. The second kappa shape index (κ2) is 12.2. The van der Waals surface area contributed by atoms with Crippen LogP contribution >= 0.6 is 11.3 Å². The van der Waals surface area contributed by atoms with Gasteiger partial charge in [-0.05, 0) is 58.2 Å². The summed E-state index contributed by atoms with van der Waals surface area (Å²) in [6.45, 7) is 11.3. The van der Waals surface area contributed by atoms with Gasteiger partial charge in [0.2, 0.25) is 0 Å². The van der Waals surface area contributed by atoms with Crippen molar-refractivity contribution in [3.63, 3.8) is 0 Å². The number of nitrogens with zero attached hydrogens (tertiary/aromatic N) is 1. The third kappa shape index (κ3) is 8.92. The number of ether oxygens (including phenoxy) is 3. The third-order valence-electron chi connectivity index (χ3n) is 3.58. The summed E-state index contributed by atoms with van der Waals surface area (Å²) in [6.07, 6.45) is 0.309. The van der Waals surface area contributed by atoms with Crippen LogP contribution in [0.5, 0.6) is 5.75 Å². The Balaban J connectivity index is 0.00000233. The Hall–Kier alpha value is -2.68. The molecule has 0 atom stereocenters. The summed E-state index contributed by atoms with van der Waals surface area (Å²) >= 11 is 1.16. The van der Waals surface area contributed by atoms with Crippen molar-refractivity contribution in [2.75, 3.05) is 19.0 Å². The van der Waals surface area contributed by atoms with E-state index < -0.39 is 23.5 Å². The Morgan fingerprint density at radius 2 is 1.90 bits per heavy atom. The molecular formula is C22H31FN2O5S. The molecule has 0 bridgehead atoms. The molecule has 31 heavy (non-hydrogen) atoms. The SMILES string of the molecule is CC.COC(=O)c1nc(NC(=O)OC(C)(C)C)sc1CCCOc1ccc(C)cc1F. The lowest BCUT2D eigenvalue weighted by Crippen LogP contribution is -2.27. The molecule has 0 fully saturated rings. The maximum atomic E-state index is 13.8. The van der Waals surface area contributed by atoms with Crippen LogP contribution < -0.4 is 10.1 Å². The number of nitrogens with one attached hydrogen (secondary N) is 1. The number of anilines is 1. The molecule has 1 N–H and O–H groups in total. The molecule has 1 amide bonds. The standard InChI is InChI=1S/C20H25FN2O5S.C2H6/c1-12-8-9-14(13(21)11-12)27-10-6-7-15-16(17(24)26-5)22-18(29-15)23-19(25)28-20(2,3)4;1-2/h8-9,11H,6-7,10H2,1-5H3,(H,22,23,25);1-2H3.